The average molecular weight is 354 g/mol. The zero-order chi connectivity index (χ0) is 18.0. The van der Waals surface area contributed by atoms with E-state index in [1.165, 1.54) is 32.1 Å². The first kappa shape index (κ1) is 16.2. The highest BCUT2D eigenvalue weighted by molar-refractivity contribution is 5.95. The van der Waals surface area contributed by atoms with Gasteiger partial charge in [0.15, 0.2) is 0 Å². The minimum absolute atomic E-state index is 0.253. The fourth-order valence-corrected chi connectivity index (χ4v) is 6.13. The maximum atomic E-state index is 12.7. The molecular weight excluding hydrogens is 328 g/mol. The van der Waals surface area contributed by atoms with Crippen LogP contribution in [0.3, 0.4) is 0 Å². The maximum Gasteiger partial charge on any atom is 0.418 e. The number of carbonyl (C=O) groups excluding carboxylic acids is 1. The zero-order valence-corrected chi connectivity index (χ0v) is 15.4. The molecule has 2 aromatic rings. The van der Waals surface area contributed by atoms with Crippen LogP contribution in [0, 0.1) is 11.8 Å². The smallest absolute Gasteiger partial charge is 0.418 e. The molecule has 4 aliphatic rings. The Morgan fingerprint density at radius 2 is 2.19 bits per heavy atom. The van der Waals surface area contributed by atoms with Gasteiger partial charge in [0.05, 0.1) is 12.6 Å². The van der Waals surface area contributed by atoms with Crippen LogP contribution in [0.15, 0.2) is 18.2 Å². The predicted octanol–water partition coefficient (Wildman–Crippen LogP) is 3.72. The number of hydrogen-bond donors (Lipinski definition) is 1. The third-order valence-electron chi connectivity index (χ3n) is 7.01. The molecule has 4 bridgehead atoms. The molecule has 3 fully saturated rings. The van der Waals surface area contributed by atoms with Crippen molar-refractivity contribution in [1.29, 1.82) is 0 Å². The summed E-state index contributed by atoms with van der Waals surface area (Å²) in [5.74, 6) is 2.05. The monoisotopic (exact) mass is 354 g/mol. The maximum absolute atomic E-state index is 12.7. The standard InChI is InChI=1S/C21H26N2O3/c1-3-13-8-12-9-17-19(13)22(11-12)7-6-15-16-10-14(24)4-5-18(16)23(20(15)17)21(25)26-2/h4-5,10,12-13,17,19,24H,3,6-9,11H2,1-2H3/t12-,13?,17+,19?/m0/s1. The lowest BCUT2D eigenvalue weighted by molar-refractivity contribution is -0.0140. The molecule has 5 atom stereocenters. The number of phenolic OH excluding ortho intramolecular Hbond substituents is 1. The first-order chi connectivity index (χ1) is 12.6. The molecular formula is C21H26N2O3. The van der Waals surface area contributed by atoms with Crippen LogP contribution >= 0.6 is 0 Å². The van der Waals surface area contributed by atoms with Crippen molar-refractivity contribution in [1.82, 2.24) is 9.47 Å². The van der Waals surface area contributed by atoms with E-state index in [9.17, 15) is 9.90 Å². The second kappa shape index (κ2) is 5.74. The van der Waals surface area contributed by atoms with Crippen molar-refractivity contribution < 1.29 is 14.6 Å². The molecule has 1 N–H and O–H groups in total. The Balaban J connectivity index is 1.78. The number of aromatic nitrogens is 1. The van der Waals surface area contributed by atoms with Crippen LogP contribution in [0.4, 0.5) is 4.79 Å². The molecule has 1 aromatic heterocycles. The second-order valence-corrected chi connectivity index (χ2v) is 8.22. The lowest BCUT2D eigenvalue weighted by Crippen LogP contribution is -2.56. The van der Waals surface area contributed by atoms with E-state index in [-0.39, 0.29) is 11.8 Å². The quantitative estimate of drug-likeness (QED) is 0.848. The van der Waals surface area contributed by atoms with E-state index >= 15 is 0 Å². The molecule has 5 heteroatoms. The molecule has 1 aliphatic carbocycles. The zero-order valence-electron chi connectivity index (χ0n) is 15.4. The van der Waals surface area contributed by atoms with Crippen LogP contribution in [0.25, 0.3) is 10.9 Å². The molecule has 5 nitrogen and oxygen atoms in total. The van der Waals surface area contributed by atoms with E-state index in [1.54, 1.807) is 10.6 Å². The number of nitrogens with zero attached hydrogens (tertiary/aromatic N) is 2. The summed E-state index contributed by atoms with van der Waals surface area (Å²) in [7, 11) is 1.45. The number of hydrogen-bond acceptors (Lipinski definition) is 4. The number of carbonyl (C=O) groups is 1. The highest BCUT2D eigenvalue weighted by atomic mass is 16.5. The first-order valence-electron chi connectivity index (χ1n) is 9.81. The van der Waals surface area contributed by atoms with Gasteiger partial charge in [-0.05, 0) is 54.9 Å². The molecule has 138 valence electrons. The van der Waals surface area contributed by atoms with E-state index in [4.69, 9.17) is 4.74 Å². The summed E-state index contributed by atoms with van der Waals surface area (Å²) in [4.78, 5) is 15.4. The van der Waals surface area contributed by atoms with Crippen LogP contribution in [0.5, 0.6) is 5.75 Å². The fourth-order valence-electron chi connectivity index (χ4n) is 6.13. The average Bonchev–Trinajstić information content (AvgIpc) is 2.92. The lowest BCUT2D eigenvalue weighted by Gasteiger charge is -2.53. The third-order valence-corrected chi connectivity index (χ3v) is 7.01. The first-order valence-corrected chi connectivity index (χ1v) is 9.81. The molecule has 3 aliphatic heterocycles. The van der Waals surface area contributed by atoms with Gasteiger partial charge < -0.3 is 9.84 Å². The van der Waals surface area contributed by atoms with Crippen LogP contribution in [-0.2, 0) is 11.2 Å². The second-order valence-electron chi connectivity index (χ2n) is 8.22. The van der Waals surface area contributed by atoms with E-state index in [2.05, 4.69) is 11.8 Å². The predicted molar refractivity (Wildman–Crippen MR) is 99.7 cm³/mol. The van der Waals surface area contributed by atoms with Crippen molar-refractivity contribution >= 4 is 17.0 Å². The highest BCUT2D eigenvalue weighted by Gasteiger charge is 2.49. The summed E-state index contributed by atoms with van der Waals surface area (Å²) in [6.07, 6.45) is 4.29. The normalized spacial score (nSPS) is 32.3. The summed E-state index contributed by atoms with van der Waals surface area (Å²) in [6.45, 7) is 4.54. The van der Waals surface area contributed by atoms with Gasteiger partial charge in [0.25, 0.3) is 0 Å². The molecule has 1 aromatic carbocycles. The molecule has 0 amide bonds. The third kappa shape index (κ3) is 2.10. The van der Waals surface area contributed by atoms with Crippen molar-refractivity contribution in [3.63, 3.8) is 0 Å². The molecule has 6 rings (SSSR count). The number of piperidine rings is 2. The Morgan fingerprint density at radius 3 is 2.96 bits per heavy atom. The van der Waals surface area contributed by atoms with Crippen LogP contribution in [0.1, 0.15) is 43.4 Å². The van der Waals surface area contributed by atoms with E-state index in [0.29, 0.717) is 17.9 Å². The van der Waals surface area contributed by atoms with Crippen molar-refractivity contribution in [3.05, 3.63) is 29.5 Å². The van der Waals surface area contributed by atoms with E-state index in [1.807, 2.05) is 12.1 Å². The molecule has 0 radical (unpaired) electrons. The van der Waals surface area contributed by atoms with Gasteiger partial charge >= 0.3 is 6.09 Å². The number of benzene rings is 1. The number of fused-ring (bicyclic) bond motifs is 4. The van der Waals surface area contributed by atoms with Crippen molar-refractivity contribution in [2.24, 2.45) is 11.8 Å². The van der Waals surface area contributed by atoms with E-state index in [0.717, 1.165) is 41.9 Å². The number of rotatable bonds is 1. The summed E-state index contributed by atoms with van der Waals surface area (Å²) in [5.41, 5.74) is 3.24. The molecule has 26 heavy (non-hydrogen) atoms. The fraction of sp³-hybridized carbons (Fsp3) is 0.571. The summed E-state index contributed by atoms with van der Waals surface area (Å²) in [5, 5.41) is 11.0. The summed E-state index contributed by atoms with van der Waals surface area (Å²) >= 11 is 0. The van der Waals surface area contributed by atoms with Crippen molar-refractivity contribution in [2.75, 3.05) is 20.2 Å². The Kier molecular flexibility index (Phi) is 3.58. The van der Waals surface area contributed by atoms with Gasteiger partial charge in [-0.15, -0.1) is 0 Å². The summed E-state index contributed by atoms with van der Waals surface area (Å²) < 4.78 is 6.96. The van der Waals surface area contributed by atoms with Gasteiger partial charge in [-0.25, -0.2) is 9.36 Å². The molecule has 4 heterocycles. The molecule has 2 saturated heterocycles. The lowest BCUT2D eigenvalue weighted by atomic mass is 9.65. The van der Waals surface area contributed by atoms with Gasteiger partial charge in [0.1, 0.15) is 5.75 Å². The topological polar surface area (TPSA) is 54.7 Å². The Bertz CT molecular complexity index is 887. The minimum Gasteiger partial charge on any atom is -0.508 e. The Hall–Kier alpha value is -2.01. The Morgan fingerprint density at radius 1 is 1.35 bits per heavy atom. The van der Waals surface area contributed by atoms with Gasteiger partial charge in [0, 0.05) is 36.1 Å². The number of methoxy groups -OCH3 is 1. The van der Waals surface area contributed by atoms with Gasteiger partial charge in [-0.3, -0.25) is 4.90 Å². The minimum atomic E-state index is -0.315. The number of ether oxygens (including phenoxy) is 1. The van der Waals surface area contributed by atoms with Gasteiger partial charge in [-0.1, -0.05) is 13.3 Å². The van der Waals surface area contributed by atoms with Crippen LogP contribution in [-0.4, -0.2) is 46.9 Å². The number of aromatic hydroxyl groups is 1. The van der Waals surface area contributed by atoms with Gasteiger partial charge in [-0.2, -0.15) is 0 Å². The number of phenols is 1. The van der Waals surface area contributed by atoms with Crippen LogP contribution in [0.2, 0.25) is 0 Å². The highest BCUT2D eigenvalue weighted by Crippen LogP contribution is 2.52. The molecule has 0 spiro atoms. The van der Waals surface area contributed by atoms with Crippen molar-refractivity contribution in [3.8, 4) is 5.75 Å². The Labute approximate surface area is 153 Å². The molecule has 1 saturated carbocycles. The van der Waals surface area contributed by atoms with Crippen molar-refractivity contribution in [2.45, 2.75) is 44.6 Å². The van der Waals surface area contributed by atoms with Gasteiger partial charge in [0.2, 0.25) is 0 Å². The van der Waals surface area contributed by atoms with E-state index < -0.39 is 0 Å². The largest absolute Gasteiger partial charge is 0.508 e. The van der Waals surface area contributed by atoms with Crippen LogP contribution < -0.4 is 0 Å². The SMILES string of the molecule is CCC1C[C@H]2C[C@H]3c4c(c5cc(O)ccc5n4C(=O)OC)CCN(C2)C13. The molecule has 3 unspecified atom stereocenters. The summed E-state index contributed by atoms with van der Waals surface area (Å²) in [6, 6.07) is 5.85.